The Hall–Kier alpha value is -1.55. The summed E-state index contributed by atoms with van der Waals surface area (Å²) >= 11 is 1.47. The minimum Gasteiger partial charge on any atom is -0.493 e. The largest absolute Gasteiger partial charge is 0.493 e. The summed E-state index contributed by atoms with van der Waals surface area (Å²) in [5, 5.41) is 11.8. The summed E-state index contributed by atoms with van der Waals surface area (Å²) in [5.41, 5.74) is 1.16. The molecule has 0 aliphatic carbocycles. The highest BCUT2D eigenvalue weighted by molar-refractivity contribution is 7.09. The summed E-state index contributed by atoms with van der Waals surface area (Å²) < 4.78 is 5.56. The number of nitrogens with zero attached hydrogens (tertiary/aromatic N) is 1. The highest BCUT2D eigenvalue weighted by Gasteiger charge is 2.27. The topological polar surface area (TPSA) is 42.4 Å². The van der Waals surface area contributed by atoms with Crippen LogP contribution in [0.25, 0.3) is 0 Å². The van der Waals surface area contributed by atoms with Gasteiger partial charge >= 0.3 is 0 Å². The standard InChI is InChI=1S/C11H9NO2S/c13-10-6-15-11(12-10)8-5-14-9-4-2-1-3-7(8)9/h1-4,6,8,13H,5H2. The fraction of sp³-hybridized carbons (Fsp3) is 0.182. The van der Waals surface area contributed by atoms with E-state index in [0.29, 0.717) is 6.61 Å². The van der Waals surface area contributed by atoms with Crippen LogP contribution < -0.4 is 4.74 Å². The molecule has 76 valence electrons. The average Bonchev–Trinajstić information content (AvgIpc) is 2.83. The van der Waals surface area contributed by atoms with Crippen LogP contribution in [0, 0.1) is 0 Å². The Morgan fingerprint density at radius 3 is 3.07 bits per heavy atom. The summed E-state index contributed by atoms with van der Waals surface area (Å²) in [6.45, 7) is 0.617. The van der Waals surface area contributed by atoms with E-state index in [1.165, 1.54) is 11.3 Å². The number of hydrogen-bond donors (Lipinski definition) is 1. The van der Waals surface area contributed by atoms with E-state index in [-0.39, 0.29) is 11.8 Å². The van der Waals surface area contributed by atoms with Crippen LogP contribution in [0.15, 0.2) is 29.6 Å². The molecule has 1 aromatic carbocycles. The lowest BCUT2D eigenvalue weighted by Gasteiger charge is -2.03. The van der Waals surface area contributed by atoms with Crippen molar-refractivity contribution in [2.45, 2.75) is 5.92 Å². The molecule has 1 aliphatic rings. The van der Waals surface area contributed by atoms with Crippen LogP contribution in [0.5, 0.6) is 11.6 Å². The second kappa shape index (κ2) is 3.24. The summed E-state index contributed by atoms with van der Waals surface area (Å²) in [6.07, 6.45) is 0. The first-order chi connectivity index (χ1) is 7.34. The summed E-state index contributed by atoms with van der Waals surface area (Å²) in [5.74, 6) is 1.20. The quantitative estimate of drug-likeness (QED) is 0.800. The Bertz CT molecular complexity index is 495. The molecule has 0 fully saturated rings. The molecule has 3 nitrogen and oxygen atoms in total. The average molecular weight is 219 g/mol. The van der Waals surface area contributed by atoms with E-state index in [1.807, 2.05) is 24.3 Å². The van der Waals surface area contributed by atoms with Gasteiger partial charge in [-0.1, -0.05) is 18.2 Å². The maximum absolute atomic E-state index is 9.22. The maximum atomic E-state index is 9.22. The number of thiazole rings is 1. The number of ether oxygens (including phenoxy) is 1. The van der Waals surface area contributed by atoms with Gasteiger partial charge in [0.1, 0.15) is 17.4 Å². The van der Waals surface area contributed by atoms with Crippen molar-refractivity contribution >= 4 is 11.3 Å². The molecule has 1 atom stereocenters. The van der Waals surface area contributed by atoms with Crippen LogP contribution in [0.4, 0.5) is 0 Å². The molecule has 2 aromatic rings. The van der Waals surface area contributed by atoms with E-state index >= 15 is 0 Å². The Morgan fingerprint density at radius 2 is 2.27 bits per heavy atom. The highest BCUT2D eigenvalue weighted by atomic mass is 32.1. The molecular formula is C11H9NO2S. The predicted octanol–water partition coefficient (Wildman–Crippen LogP) is 2.37. The minimum atomic E-state index is 0.0966. The summed E-state index contributed by atoms with van der Waals surface area (Å²) in [6, 6.07) is 7.96. The Kier molecular flexibility index (Phi) is 1.89. The van der Waals surface area contributed by atoms with Gasteiger partial charge in [0.2, 0.25) is 5.88 Å². The third-order valence-electron chi connectivity index (χ3n) is 2.51. The molecule has 1 N–H and O–H groups in total. The van der Waals surface area contributed by atoms with E-state index in [9.17, 15) is 5.11 Å². The second-order valence-electron chi connectivity index (χ2n) is 3.45. The van der Waals surface area contributed by atoms with Gasteiger partial charge in [-0.05, 0) is 6.07 Å². The lowest BCUT2D eigenvalue weighted by Crippen LogP contribution is -2.01. The molecule has 0 spiro atoms. The van der Waals surface area contributed by atoms with Gasteiger partial charge in [0, 0.05) is 5.56 Å². The zero-order valence-corrected chi connectivity index (χ0v) is 8.70. The van der Waals surface area contributed by atoms with Gasteiger partial charge in [0.15, 0.2) is 0 Å². The predicted molar refractivity (Wildman–Crippen MR) is 57.6 cm³/mol. The smallest absolute Gasteiger partial charge is 0.222 e. The molecule has 0 saturated carbocycles. The van der Waals surface area contributed by atoms with Crippen molar-refractivity contribution in [2.24, 2.45) is 0 Å². The third kappa shape index (κ3) is 1.37. The zero-order valence-electron chi connectivity index (χ0n) is 7.88. The summed E-state index contributed by atoms with van der Waals surface area (Å²) in [7, 11) is 0. The fourth-order valence-electron chi connectivity index (χ4n) is 1.81. The molecule has 1 unspecified atom stereocenters. The number of aromatic hydroxyl groups is 1. The first kappa shape index (κ1) is 8.73. The van der Waals surface area contributed by atoms with Crippen LogP contribution in [-0.2, 0) is 0 Å². The fourth-order valence-corrected chi connectivity index (χ4v) is 2.59. The Labute approximate surface area is 91.0 Å². The summed E-state index contributed by atoms with van der Waals surface area (Å²) in [4.78, 5) is 4.09. The first-order valence-corrected chi connectivity index (χ1v) is 5.58. The van der Waals surface area contributed by atoms with Crippen molar-refractivity contribution in [3.05, 3.63) is 40.2 Å². The molecule has 0 amide bonds. The Morgan fingerprint density at radius 1 is 1.40 bits per heavy atom. The lowest BCUT2D eigenvalue weighted by atomic mass is 10.0. The lowest BCUT2D eigenvalue weighted by molar-refractivity contribution is 0.342. The van der Waals surface area contributed by atoms with Crippen molar-refractivity contribution in [2.75, 3.05) is 6.61 Å². The van der Waals surface area contributed by atoms with Crippen molar-refractivity contribution in [3.8, 4) is 11.6 Å². The third-order valence-corrected chi connectivity index (χ3v) is 3.45. The van der Waals surface area contributed by atoms with Crippen LogP contribution in [0.3, 0.4) is 0 Å². The van der Waals surface area contributed by atoms with E-state index < -0.39 is 0 Å². The molecule has 0 radical (unpaired) electrons. The van der Waals surface area contributed by atoms with Crippen LogP contribution >= 0.6 is 11.3 Å². The number of benzene rings is 1. The number of rotatable bonds is 1. The molecule has 0 bridgehead atoms. The van der Waals surface area contributed by atoms with Gasteiger partial charge in [0.05, 0.1) is 11.3 Å². The van der Waals surface area contributed by atoms with Gasteiger partial charge in [-0.15, -0.1) is 11.3 Å². The van der Waals surface area contributed by atoms with E-state index in [2.05, 4.69) is 4.98 Å². The minimum absolute atomic E-state index is 0.0966. The Balaban J connectivity index is 2.04. The van der Waals surface area contributed by atoms with Gasteiger partial charge < -0.3 is 9.84 Å². The number of para-hydroxylation sites is 1. The SMILES string of the molecule is Oc1csc(C2COc3ccccc32)n1. The highest BCUT2D eigenvalue weighted by Crippen LogP contribution is 2.39. The van der Waals surface area contributed by atoms with E-state index in [1.54, 1.807) is 5.38 Å². The van der Waals surface area contributed by atoms with Crippen molar-refractivity contribution in [1.29, 1.82) is 0 Å². The van der Waals surface area contributed by atoms with Crippen molar-refractivity contribution in [1.82, 2.24) is 4.98 Å². The second-order valence-corrected chi connectivity index (χ2v) is 4.34. The molecule has 1 aliphatic heterocycles. The van der Waals surface area contributed by atoms with Crippen LogP contribution in [-0.4, -0.2) is 16.7 Å². The molecule has 1 aromatic heterocycles. The number of fused-ring (bicyclic) bond motifs is 1. The molecular weight excluding hydrogens is 210 g/mol. The van der Waals surface area contributed by atoms with Crippen molar-refractivity contribution < 1.29 is 9.84 Å². The van der Waals surface area contributed by atoms with Gasteiger partial charge in [-0.2, -0.15) is 0 Å². The monoisotopic (exact) mass is 219 g/mol. The van der Waals surface area contributed by atoms with Crippen molar-refractivity contribution in [3.63, 3.8) is 0 Å². The van der Waals surface area contributed by atoms with E-state index in [0.717, 1.165) is 16.3 Å². The van der Waals surface area contributed by atoms with Crippen LogP contribution in [0.2, 0.25) is 0 Å². The molecule has 3 rings (SSSR count). The molecule has 4 heteroatoms. The normalized spacial score (nSPS) is 18.5. The van der Waals surface area contributed by atoms with E-state index in [4.69, 9.17) is 4.74 Å². The van der Waals surface area contributed by atoms with Gasteiger partial charge in [0.25, 0.3) is 0 Å². The maximum Gasteiger partial charge on any atom is 0.222 e. The van der Waals surface area contributed by atoms with Crippen LogP contribution in [0.1, 0.15) is 16.5 Å². The van der Waals surface area contributed by atoms with Gasteiger partial charge in [-0.25, -0.2) is 4.98 Å². The zero-order chi connectivity index (χ0) is 10.3. The molecule has 15 heavy (non-hydrogen) atoms. The molecule has 0 saturated heterocycles. The first-order valence-electron chi connectivity index (χ1n) is 4.71. The molecule has 2 heterocycles. The van der Waals surface area contributed by atoms with Gasteiger partial charge in [-0.3, -0.25) is 0 Å². The number of hydrogen-bond acceptors (Lipinski definition) is 4. The number of aromatic nitrogens is 1.